The number of esters is 2. The van der Waals surface area contributed by atoms with E-state index in [1.807, 2.05) is 13.8 Å². The third-order valence-electron chi connectivity index (χ3n) is 2.99. The molecule has 1 unspecified atom stereocenters. The van der Waals surface area contributed by atoms with Gasteiger partial charge in [-0.3, -0.25) is 4.79 Å². The van der Waals surface area contributed by atoms with Crippen LogP contribution in [0.2, 0.25) is 0 Å². The third kappa shape index (κ3) is 4.11. The van der Waals surface area contributed by atoms with Crippen molar-refractivity contribution in [2.45, 2.75) is 33.8 Å². The fraction of sp³-hybridized carbons (Fsp3) is 0.846. The molecule has 1 fully saturated rings. The van der Waals surface area contributed by atoms with Crippen LogP contribution in [0, 0.1) is 10.8 Å². The van der Waals surface area contributed by atoms with Crippen molar-refractivity contribution in [1.82, 2.24) is 0 Å². The Labute approximate surface area is 118 Å². The van der Waals surface area contributed by atoms with Crippen LogP contribution in [0.3, 0.4) is 0 Å². The van der Waals surface area contributed by atoms with E-state index in [2.05, 4.69) is 0 Å². The number of ether oxygens (including phenoxy) is 2. The highest BCUT2D eigenvalue weighted by molar-refractivity contribution is 7.99. The first-order chi connectivity index (χ1) is 8.70. The molecule has 6 heteroatoms. The van der Waals surface area contributed by atoms with Crippen molar-refractivity contribution in [1.29, 1.82) is 0 Å². The maximum Gasteiger partial charge on any atom is 0.348 e. The SMILES string of the molecule is CC(C)(CSCCO)C(=O)OC1C(=O)OCC1(C)C. The van der Waals surface area contributed by atoms with Crippen molar-refractivity contribution in [2.75, 3.05) is 24.7 Å². The van der Waals surface area contributed by atoms with Gasteiger partial charge in [0, 0.05) is 16.9 Å². The van der Waals surface area contributed by atoms with Gasteiger partial charge in [-0.2, -0.15) is 11.8 Å². The Morgan fingerprint density at radius 3 is 2.68 bits per heavy atom. The van der Waals surface area contributed by atoms with Crippen LogP contribution < -0.4 is 0 Å². The average Bonchev–Trinajstić information content (AvgIpc) is 2.56. The number of rotatable bonds is 6. The molecule has 0 spiro atoms. The molecule has 110 valence electrons. The van der Waals surface area contributed by atoms with E-state index in [0.29, 0.717) is 11.5 Å². The molecule has 1 N–H and O–H groups in total. The summed E-state index contributed by atoms with van der Waals surface area (Å²) in [4.78, 5) is 23.7. The molecule has 1 aliphatic heterocycles. The van der Waals surface area contributed by atoms with Gasteiger partial charge in [-0.05, 0) is 13.8 Å². The summed E-state index contributed by atoms with van der Waals surface area (Å²) >= 11 is 1.48. The van der Waals surface area contributed by atoms with Gasteiger partial charge in [-0.25, -0.2) is 4.79 Å². The minimum atomic E-state index is -0.831. The maximum atomic E-state index is 12.1. The van der Waals surface area contributed by atoms with Crippen molar-refractivity contribution in [3.63, 3.8) is 0 Å². The Balaban J connectivity index is 2.60. The maximum absolute atomic E-state index is 12.1. The van der Waals surface area contributed by atoms with Crippen LogP contribution in [0.4, 0.5) is 0 Å². The molecule has 1 aliphatic rings. The fourth-order valence-electron chi connectivity index (χ4n) is 1.65. The summed E-state index contributed by atoms with van der Waals surface area (Å²) in [6, 6.07) is 0. The van der Waals surface area contributed by atoms with E-state index in [0.717, 1.165) is 0 Å². The smallest absolute Gasteiger partial charge is 0.348 e. The number of carbonyl (C=O) groups is 2. The molecule has 1 saturated heterocycles. The number of carbonyl (C=O) groups excluding carboxylic acids is 2. The van der Waals surface area contributed by atoms with Gasteiger partial charge in [0.15, 0.2) is 0 Å². The second kappa shape index (κ2) is 6.13. The Morgan fingerprint density at radius 2 is 2.21 bits per heavy atom. The van der Waals surface area contributed by atoms with Crippen LogP contribution in [0.1, 0.15) is 27.7 Å². The molecule has 1 heterocycles. The zero-order chi connectivity index (χ0) is 14.7. The second-order valence-electron chi connectivity index (χ2n) is 6.04. The lowest BCUT2D eigenvalue weighted by Gasteiger charge is -2.27. The lowest BCUT2D eigenvalue weighted by molar-refractivity contribution is -0.169. The number of hydrogen-bond donors (Lipinski definition) is 1. The summed E-state index contributed by atoms with van der Waals surface area (Å²) in [5, 5.41) is 8.74. The van der Waals surface area contributed by atoms with Crippen LogP contribution in [-0.4, -0.2) is 47.9 Å². The largest absolute Gasteiger partial charge is 0.462 e. The quantitative estimate of drug-likeness (QED) is 0.586. The first kappa shape index (κ1) is 16.3. The van der Waals surface area contributed by atoms with Crippen molar-refractivity contribution in [3.8, 4) is 0 Å². The summed E-state index contributed by atoms with van der Waals surface area (Å²) in [6.45, 7) is 7.56. The van der Waals surface area contributed by atoms with E-state index < -0.39 is 28.9 Å². The van der Waals surface area contributed by atoms with Gasteiger partial charge in [-0.15, -0.1) is 0 Å². The molecule has 0 saturated carbocycles. The Kier molecular flexibility index (Phi) is 5.26. The molecule has 0 aromatic carbocycles. The van der Waals surface area contributed by atoms with Crippen LogP contribution in [0.15, 0.2) is 0 Å². The van der Waals surface area contributed by atoms with Crippen molar-refractivity contribution in [2.24, 2.45) is 10.8 Å². The topological polar surface area (TPSA) is 72.8 Å². The first-order valence-corrected chi connectivity index (χ1v) is 7.42. The number of thioether (sulfide) groups is 1. The van der Waals surface area contributed by atoms with Crippen LogP contribution in [0.25, 0.3) is 0 Å². The Bertz CT molecular complexity index is 351. The highest BCUT2D eigenvalue weighted by atomic mass is 32.2. The summed E-state index contributed by atoms with van der Waals surface area (Å²) in [7, 11) is 0. The minimum absolute atomic E-state index is 0.0811. The lowest BCUT2D eigenvalue weighted by Crippen LogP contribution is -2.40. The molecular formula is C13H22O5S. The molecule has 0 aromatic rings. The Hall–Kier alpha value is -0.750. The van der Waals surface area contributed by atoms with E-state index in [9.17, 15) is 9.59 Å². The van der Waals surface area contributed by atoms with Gasteiger partial charge >= 0.3 is 11.9 Å². The zero-order valence-electron chi connectivity index (χ0n) is 11.9. The normalized spacial score (nSPS) is 22.2. The summed E-state index contributed by atoms with van der Waals surface area (Å²) < 4.78 is 10.3. The van der Waals surface area contributed by atoms with E-state index in [4.69, 9.17) is 14.6 Å². The highest BCUT2D eigenvalue weighted by Crippen LogP contribution is 2.33. The van der Waals surface area contributed by atoms with Crippen LogP contribution >= 0.6 is 11.8 Å². The molecule has 0 bridgehead atoms. The fourth-order valence-corrected chi connectivity index (χ4v) is 2.55. The lowest BCUT2D eigenvalue weighted by atomic mass is 9.89. The Morgan fingerprint density at radius 1 is 1.58 bits per heavy atom. The molecule has 0 radical (unpaired) electrons. The molecule has 0 aromatic heterocycles. The number of aliphatic hydroxyl groups is 1. The number of aliphatic hydroxyl groups excluding tert-OH is 1. The van der Waals surface area contributed by atoms with E-state index >= 15 is 0 Å². The monoisotopic (exact) mass is 290 g/mol. The summed E-state index contributed by atoms with van der Waals surface area (Å²) in [5.41, 5.74) is -1.18. The molecule has 5 nitrogen and oxygen atoms in total. The minimum Gasteiger partial charge on any atom is -0.462 e. The first-order valence-electron chi connectivity index (χ1n) is 6.27. The van der Waals surface area contributed by atoms with Crippen LogP contribution in [-0.2, 0) is 19.1 Å². The number of hydrogen-bond acceptors (Lipinski definition) is 6. The molecule has 1 rings (SSSR count). The van der Waals surface area contributed by atoms with Crippen molar-refractivity contribution in [3.05, 3.63) is 0 Å². The van der Waals surface area contributed by atoms with Crippen molar-refractivity contribution >= 4 is 23.7 Å². The molecule has 19 heavy (non-hydrogen) atoms. The molecular weight excluding hydrogens is 268 g/mol. The molecule has 0 aliphatic carbocycles. The third-order valence-corrected chi connectivity index (χ3v) is 4.38. The predicted molar refractivity (Wildman–Crippen MR) is 72.8 cm³/mol. The predicted octanol–water partition coefficient (Wildman–Crippen LogP) is 1.23. The molecule has 1 atom stereocenters. The molecule has 0 amide bonds. The number of cyclic esters (lactones) is 1. The van der Waals surface area contributed by atoms with Gasteiger partial charge in [0.2, 0.25) is 6.10 Å². The summed E-state index contributed by atoms with van der Waals surface area (Å²) in [5.74, 6) is 0.231. The van der Waals surface area contributed by atoms with E-state index in [1.54, 1.807) is 13.8 Å². The van der Waals surface area contributed by atoms with Gasteiger partial charge in [0.1, 0.15) is 6.61 Å². The van der Waals surface area contributed by atoms with Gasteiger partial charge in [0.25, 0.3) is 0 Å². The van der Waals surface area contributed by atoms with Gasteiger partial charge < -0.3 is 14.6 Å². The summed E-state index contributed by atoms with van der Waals surface area (Å²) in [6.07, 6.45) is -0.831. The highest BCUT2D eigenvalue weighted by Gasteiger charge is 2.48. The van der Waals surface area contributed by atoms with Gasteiger partial charge in [-0.1, -0.05) is 13.8 Å². The standard InChI is InChI=1S/C13H22O5S/c1-12(2)7-17-10(15)9(12)18-11(16)13(3,4)8-19-6-5-14/h9,14H,5-8H2,1-4H3. The van der Waals surface area contributed by atoms with Gasteiger partial charge in [0.05, 0.1) is 12.0 Å². The van der Waals surface area contributed by atoms with E-state index in [1.165, 1.54) is 11.8 Å². The zero-order valence-corrected chi connectivity index (χ0v) is 12.7. The second-order valence-corrected chi connectivity index (χ2v) is 7.15. The van der Waals surface area contributed by atoms with Crippen LogP contribution in [0.5, 0.6) is 0 Å². The average molecular weight is 290 g/mol. The van der Waals surface area contributed by atoms with E-state index in [-0.39, 0.29) is 13.2 Å². The van der Waals surface area contributed by atoms with Crippen molar-refractivity contribution < 1.29 is 24.2 Å².